The highest BCUT2D eigenvalue weighted by molar-refractivity contribution is 5.79. The maximum Gasteiger partial charge on any atom is 0.225 e. The summed E-state index contributed by atoms with van der Waals surface area (Å²) < 4.78 is 0. The predicted octanol–water partition coefficient (Wildman–Crippen LogP) is 1.79. The van der Waals surface area contributed by atoms with Crippen molar-refractivity contribution >= 4 is 11.8 Å². The van der Waals surface area contributed by atoms with E-state index < -0.39 is 5.60 Å². The van der Waals surface area contributed by atoms with Crippen molar-refractivity contribution < 1.29 is 14.7 Å². The molecule has 1 N–H and O–H groups in total. The molecule has 0 radical (unpaired) electrons. The summed E-state index contributed by atoms with van der Waals surface area (Å²) in [6, 6.07) is 0. The number of piperazine rings is 1. The minimum Gasteiger partial charge on any atom is -0.389 e. The molecule has 22 heavy (non-hydrogen) atoms. The highest BCUT2D eigenvalue weighted by Crippen LogP contribution is 2.32. The molecular formula is C17H30N2O3. The molecule has 126 valence electrons. The number of nitrogens with zero attached hydrogens (tertiary/aromatic N) is 2. The van der Waals surface area contributed by atoms with Crippen molar-refractivity contribution in [2.45, 2.75) is 64.4 Å². The van der Waals surface area contributed by atoms with E-state index in [9.17, 15) is 14.7 Å². The van der Waals surface area contributed by atoms with E-state index in [0.29, 0.717) is 38.5 Å². The molecule has 1 aliphatic heterocycles. The number of rotatable bonds is 5. The molecule has 2 rings (SSSR count). The molecule has 2 amide bonds. The van der Waals surface area contributed by atoms with E-state index >= 15 is 0 Å². The van der Waals surface area contributed by atoms with Crippen LogP contribution in [0.1, 0.15) is 58.8 Å². The molecule has 0 aromatic carbocycles. The van der Waals surface area contributed by atoms with Gasteiger partial charge < -0.3 is 14.9 Å². The molecule has 0 spiro atoms. The van der Waals surface area contributed by atoms with E-state index in [2.05, 4.69) is 13.8 Å². The van der Waals surface area contributed by atoms with Crippen molar-refractivity contribution in [2.75, 3.05) is 26.2 Å². The fourth-order valence-corrected chi connectivity index (χ4v) is 3.38. The van der Waals surface area contributed by atoms with Gasteiger partial charge in [0.1, 0.15) is 0 Å². The van der Waals surface area contributed by atoms with E-state index in [1.807, 2.05) is 9.80 Å². The van der Waals surface area contributed by atoms with Crippen LogP contribution in [0.2, 0.25) is 0 Å². The second kappa shape index (κ2) is 7.44. The lowest BCUT2D eigenvalue weighted by Gasteiger charge is -2.36. The maximum absolute atomic E-state index is 12.3. The lowest BCUT2D eigenvalue weighted by molar-refractivity contribution is -0.142. The molecule has 2 aliphatic rings. The quantitative estimate of drug-likeness (QED) is 0.842. The van der Waals surface area contributed by atoms with Crippen LogP contribution >= 0.6 is 0 Å². The van der Waals surface area contributed by atoms with Crippen LogP contribution in [0.3, 0.4) is 0 Å². The van der Waals surface area contributed by atoms with Crippen LogP contribution in [0, 0.1) is 5.92 Å². The normalized spacial score (nSPS) is 21.5. The van der Waals surface area contributed by atoms with Crippen molar-refractivity contribution in [2.24, 2.45) is 5.92 Å². The highest BCUT2D eigenvalue weighted by Gasteiger charge is 2.35. The standard InChI is InChI=1S/C17H30N2O3/c1-14(2)5-6-15(20)18-9-11-19(12-10-18)16(21)13-17(22)7-3-4-8-17/h14,22H,3-13H2,1-2H3. The van der Waals surface area contributed by atoms with E-state index in [1.54, 1.807) is 0 Å². The molecule has 0 unspecified atom stereocenters. The Bertz CT molecular complexity index is 395. The Morgan fingerprint density at radius 3 is 2.00 bits per heavy atom. The zero-order valence-corrected chi connectivity index (χ0v) is 14.0. The van der Waals surface area contributed by atoms with Gasteiger partial charge in [-0.1, -0.05) is 26.7 Å². The van der Waals surface area contributed by atoms with Crippen LogP contribution in [0.25, 0.3) is 0 Å². The number of hydrogen-bond donors (Lipinski definition) is 1. The van der Waals surface area contributed by atoms with Crippen molar-refractivity contribution in [3.8, 4) is 0 Å². The summed E-state index contributed by atoms with van der Waals surface area (Å²) in [5.74, 6) is 0.785. The summed E-state index contributed by atoms with van der Waals surface area (Å²) in [6.45, 7) is 6.70. The molecule has 1 aliphatic carbocycles. The SMILES string of the molecule is CC(C)CCC(=O)N1CCN(C(=O)CC2(O)CCCC2)CC1. The van der Waals surface area contributed by atoms with E-state index in [0.717, 1.165) is 32.1 Å². The zero-order valence-electron chi connectivity index (χ0n) is 14.0. The molecule has 1 saturated heterocycles. The maximum atomic E-state index is 12.3. The Kier molecular flexibility index (Phi) is 5.84. The third-order valence-electron chi connectivity index (χ3n) is 4.94. The van der Waals surface area contributed by atoms with Crippen LogP contribution in [0.4, 0.5) is 0 Å². The molecular weight excluding hydrogens is 280 g/mol. The average Bonchev–Trinajstić information content (AvgIpc) is 2.91. The van der Waals surface area contributed by atoms with Crippen LogP contribution in [0.5, 0.6) is 0 Å². The second-order valence-electron chi connectivity index (χ2n) is 7.30. The zero-order chi connectivity index (χ0) is 16.2. The molecule has 0 aromatic heterocycles. The Labute approximate surface area is 133 Å². The monoisotopic (exact) mass is 310 g/mol. The number of amides is 2. The number of carbonyl (C=O) groups is 2. The first kappa shape index (κ1) is 17.3. The summed E-state index contributed by atoms with van der Waals surface area (Å²) >= 11 is 0. The smallest absolute Gasteiger partial charge is 0.225 e. The minimum atomic E-state index is -0.776. The molecule has 1 heterocycles. The first-order valence-corrected chi connectivity index (χ1v) is 8.67. The minimum absolute atomic E-state index is 0.0404. The molecule has 1 saturated carbocycles. The number of aliphatic hydroxyl groups is 1. The number of hydrogen-bond acceptors (Lipinski definition) is 3. The van der Waals surface area contributed by atoms with Gasteiger partial charge in [-0.25, -0.2) is 0 Å². The summed E-state index contributed by atoms with van der Waals surface area (Å²) in [5.41, 5.74) is -0.776. The van der Waals surface area contributed by atoms with Gasteiger partial charge in [0.25, 0.3) is 0 Å². The summed E-state index contributed by atoms with van der Waals surface area (Å²) in [7, 11) is 0. The molecule has 0 atom stereocenters. The fraction of sp³-hybridized carbons (Fsp3) is 0.882. The topological polar surface area (TPSA) is 60.9 Å². The Balaban J connectivity index is 1.74. The van der Waals surface area contributed by atoms with Crippen LogP contribution < -0.4 is 0 Å². The summed E-state index contributed by atoms with van der Waals surface area (Å²) in [5, 5.41) is 10.3. The van der Waals surface area contributed by atoms with Crippen molar-refractivity contribution in [1.82, 2.24) is 9.80 Å². The molecule has 5 nitrogen and oxygen atoms in total. The van der Waals surface area contributed by atoms with Crippen LogP contribution in [-0.2, 0) is 9.59 Å². The molecule has 5 heteroatoms. The fourth-order valence-electron chi connectivity index (χ4n) is 3.38. The third-order valence-corrected chi connectivity index (χ3v) is 4.94. The van der Waals surface area contributed by atoms with Gasteiger partial charge in [-0.2, -0.15) is 0 Å². The van der Waals surface area contributed by atoms with Gasteiger partial charge in [0.15, 0.2) is 0 Å². The average molecular weight is 310 g/mol. The first-order valence-electron chi connectivity index (χ1n) is 8.67. The van der Waals surface area contributed by atoms with Gasteiger partial charge in [-0.3, -0.25) is 9.59 Å². The van der Waals surface area contributed by atoms with Crippen LogP contribution in [-0.4, -0.2) is 58.5 Å². The molecule has 2 fully saturated rings. The Hall–Kier alpha value is -1.10. The van der Waals surface area contributed by atoms with Gasteiger partial charge >= 0.3 is 0 Å². The highest BCUT2D eigenvalue weighted by atomic mass is 16.3. The largest absolute Gasteiger partial charge is 0.389 e. The lowest BCUT2D eigenvalue weighted by Crippen LogP contribution is -2.51. The summed E-state index contributed by atoms with van der Waals surface area (Å²) in [6.07, 6.45) is 5.28. The predicted molar refractivity (Wildman–Crippen MR) is 85.3 cm³/mol. The lowest BCUT2D eigenvalue weighted by atomic mass is 9.97. The van der Waals surface area contributed by atoms with E-state index in [-0.39, 0.29) is 18.2 Å². The van der Waals surface area contributed by atoms with Crippen molar-refractivity contribution in [3.63, 3.8) is 0 Å². The second-order valence-corrected chi connectivity index (χ2v) is 7.30. The van der Waals surface area contributed by atoms with E-state index in [4.69, 9.17) is 0 Å². The Morgan fingerprint density at radius 2 is 1.50 bits per heavy atom. The Morgan fingerprint density at radius 1 is 1.00 bits per heavy atom. The van der Waals surface area contributed by atoms with Gasteiger partial charge in [-0.05, 0) is 25.2 Å². The van der Waals surface area contributed by atoms with Crippen LogP contribution in [0.15, 0.2) is 0 Å². The van der Waals surface area contributed by atoms with E-state index in [1.165, 1.54) is 0 Å². The van der Waals surface area contributed by atoms with Gasteiger partial charge in [0.05, 0.1) is 12.0 Å². The molecule has 0 bridgehead atoms. The first-order chi connectivity index (χ1) is 10.4. The van der Waals surface area contributed by atoms with Crippen molar-refractivity contribution in [3.05, 3.63) is 0 Å². The van der Waals surface area contributed by atoms with Crippen molar-refractivity contribution in [1.29, 1.82) is 0 Å². The third kappa shape index (κ3) is 4.70. The van der Waals surface area contributed by atoms with Gasteiger partial charge in [-0.15, -0.1) is 0 Å². The van der Waals surface area contributed by atoms with Gasteiger partial charge in [0.2, 0.25) is 11.8 Å². The van der Waals surface area contributed by atoms with Gasteiger partial charge in [0, 0.05) is 32.6 Å². The molecule has 0 aromatic rings. The summed E-state index contributed by atoms with van der Waals surface area (Å²) in [4.78, 5) is 28.1. The number of carbonyl (C=O) groups excluding carboxylic acids is 2.